The van der Waals surface area contributed by atoms with E-state index < -0.39 is 5.97 Å². The normalized spacial score (nSPS) is 14.7. The van der Waals surface area contributed by atoms with Crippen molar-refractivity contribution in [2.45, 2.75) is 38.6 Å². The summed E-state index contributed by atoms with van der Waals surface area (Å²) in [5, 5.41) is 12.7. The number of carboxylic acids is 1. The number of rotatable bonds is 7. The Balaban J connectivity index is 1.50. The number of fused-ring (bicyclic) bond motifs is 1. The Labute approximate surface area is 199 Å². The van der Waals surface area contributed by atoms with Gasteiger partial charge >= 0.3 is 5.97 Å². The monoisotopic (exact) mass is 451 g/mol. The zero-order valence-electron chi connectivity index (χ0n) is 19.3. The number of para-hydroxylation sites is 1. The molecular weight excluding hydrogens is 422 g/mol. The second kappa shape index (κ2) is 9.65. The molecule has 0 radical (unpaired) electrons. The lowest BCUT2D eigenvalue weighted by Gasteiger charge is -2.16. The van der Waals surface area contributed by atoms with Gasteiger partial charge in [0.1, 0.15) is 5.82 Å². The van der Waals surface area contributed by atoms with E-state index in [4.69, 9.17) is 4.98 Å². The zero-order valence-corrected chi connectivity index (χ0v) is 19.3. The Morgan fingerprint density at radius 1 is 1.03 bits per heavy atom. The predicted octanol–water partition coefficient (Wildman–Crippen LogP) is 6.58. The van der Waals surface area contributed by atoms with Crippen molar-refractivity contribution in [3.8, 4) is 11.1 Å². The number of aromatic nitrogens is 2. The predicted molar refractivity (Wildman–Crippen MR) is 137 cm³/mol. The van der Waals surface area contributed by atoms with Crippen LogP contribution in [-0.2, 0) is 0 Å². The quantitative estimate of drug-likeness (QED) is 0.296. The highest BCUT2D eigenvalue weighted by Crippen LogP contribution is 2.32. The molecule has 1 atom stereocenters. The molecular formula is C29H29N3O2. The SMILES string of the molecule is CCNC(c1ccc(C(=O)O)cc1)c1nc2c(-c3ccc(C4=CCCCC4)cc3)cccc2[nH]1. The maximum atomic E-state index is 11.2. The van der Waals surface area contributed by atoms with Gasteiger partial charge in [0.15, 0.2) is 0 Å². The molecule has 1 aliphatic rings. The molecule has 3 aromatic carbocycles. The van der Waals surface area contributed by atoms with Gasteiger partial charge in [-0.15, -0.1) is 0 Å². The van der Waals surface area contributed by atoms with Gasteiger partial charge in [0.2, 0.25) is 0 Å². The molecule has 5 heteroatoms. The van der Waals surface area contributed by atoms with Gasteiger partial charge in [-0.25, -0.2) is 9.78 Å². The number of aromatic carboxylic acids is 1. The molecule has 0 aliphatic heterocycles. The number of hydrogen-bond donors (Lipinski definition) is 3. The minimum absolute atomic E-state index is 0.159. The summed E-state index contributed by atoms with van der Waals surface area (Å²) in [5.41, 5.74) is 8.19. The van der Waals surface area contributed by atoms with Gasteiger partial charge in [0, 0.05) is 5.56 Å². The van der Waals surface area contributed by atoms with Gasteiger partial charge < -0.3 is 15.4 Å². The van der Waals surface area contributed by atoms with Gasteiger partial charge in [0.05, 0.1) is 22.6 Å². The van der Waals surface area contributed by atoms with Gasteiger partial charge in [-0.1, -0.05) is 61.5 Å². The third kappa shape index (κ3) is 4.39. The number of aromatic amines is 1. The third-order valence-corrected chi connectivity index (χ3v) is 6.56. The molecule has 0 spiro atoms. The molecule has 5 rings (SSSR count). The lowest BCUT2D eigenvalue weighted by molar-refractivity contribution is 0.0697. The van der Waals surface area contributed by atoms with Crippen LogP contribution in [0.3, 0.4) is 0 Å². The molecule has 0 fully saturated rings. The van der Waals surface area contributed by atoms with E-state index in [9.17, 15) is 9.90 Å². The number of allylic oxidation sites excluding steroid dienone is 2. The number of hydrogen-bond acceptors (Lipinski definition) is 3. The van der Waals surface area contributed by atoms with Gasteiger partial charge in [-0.3, -0.25) is 0 Å². The average Bonchev–Trinajstić information content (AvgIpc) is 3.32. The molecule has 1 aromatic heterocycles. The molecule has 1 aliphatic carbocycles. The van der Waals surface area contributed by atoms with Crippen LogP contribution in [0.2, 0.25) is 0 Å². The van der Waals surface area contributed by atoms with E-state index in [1.807, 2.05) is 18.2 Å². The molecule has 5 nitrogen and oxygen atoms in total. The summed E-state index contributed by atoms with van der Waals surface area (Å²) in [6.07, 6.45) is 7.29. The molecule has 3 N–H and O–H groups in total. The summed E-state index contributed by atoms with van der Waals surface area (Å²) in [5.74, 6) is -0.109. The molecule has 1 unspecified atom stereocenters. The topological polar surface area (TPSA) is 78.0 Å². The van der Waals surface area contributed by atoms with Crippen molar-refractivity contribution >= 4 is 22.6 Å². The molecule has 0 saturated carbocycles. The fourth-order valence-electron chi connectivity index (χ4n) is 4.78. The van der Waals surface area contributed by atoms with Gasteiger partial charge in [-0.05, 0) is 72.7 Å². The summed E-state index contributed by atoms with van der Waals surface area (Å²) in [6.45, 7) is 2.81. The Bertz CT molecular complexity index is 1330. The summed E-state index contributed by atoms with van der Waals surface area (Å²) >= 11 is 0. The maximum absolute atomic E-state index is 11.2. The van der Waals surface area contributed by atoms with Gasteiger partial charge in [-0.2, -0.15) is 0 Å². The van der Waals surface area contributed by atoms with E-state index in [0.717, 1.165) is 46.5 Å². The molecule has 172 valence electrons. The van der Waals surface area contributed by atoms with Crippen LogP contribution in [0.4, 0.5) is 0 Å². The number of benzene rings is 3. The number of nitrogens with one attached hydrogen (secondary N) is 2. The van der Waals surface area contributed by atoms with E-state index in [2.05, 4.69) is 59.7 Å². The van der Waals surface area contributed by atoms with Crippen LogP contribution in [0, 0.1) is 0 Å². The minimum Gasteiger partial charge on any atom is -0.478 e. The van der Waals surface area contributed by atoms with E-state index in [1.54, 1.807) is 12.1 Å². The van der Waals surface area contributed by atoms with Crippen LogP contribution >= 0.6 is 0 Å². The largest absolute Gasteiger partial charge is 0.478 e. The summed E-state index contributed by atoms with van der Waals surface area (Å²) in [4.78, 5) is 19.7. The van der Waals surface area contributed by atoms with Crippen molar-refractivity contribution in [1.82, 2.24) is 15.3 Å². The fraction of sp³-hybridized carbons (Fsp3) is 0.241. The average molecular weight is 452 g/mol. The Kier molecular flexibility index (Phi) is 6.28. The van der Waals surface area contributed by atoms with Gasteiger partial charge in [0.25, 0.3) is 0 Å². The number of carbonyl (C=O) groups is 1. The number of H-pyrrole nitrogens is 1. The van der Waals surface area contributed by atoms with Crippen molar-refractivity contribution in [3.05, 3.63) is 95.3 Å². The molecule has 0 saturated heterocycles. The first kappa shape index (κ1) is 22.1. The van der Waals surface area contributed by atoms with Crippen molar-refractivity contribution in [2.24, 2.45) is 0 Å². The van der Waals surface area contributed by atoms with E-state index in [1.165, 1.54) is 30.4 Å². The highest BCUT2D eigenvalue weighted by atomic mass is 16.4. The van der Waals surface area contributed by atoms with E-state index >= 15 is 0 Å². The molecule has 0 bridgehead atoms. The summed E-state index contributed by atoms with van der Waals surface area (Å²) in [7, 11) is 0. The minimum atomic E-state index is -0.925. The number of imidazole rings is 1. The second-order valence-corrected chi connectivity index (χ2v) is 8.79. The van der Waals surface area contributed by atoms with Crippen LogP contribution in [0.25, 0.3) is 27.7 Å². The number of carboxylic acid groups (broad SMARTS) is 1. The van der Waals surface area contributed by atoms with Crippen LogP contribution in [0.15, 0.2) is 72.8 Å². The first-order valence-corrected chi connectivity index (χ1v) is 12.0. The number of nitrogens with zero attached hydrogens (tertiary/aromatic N) is 1. The maximum Gasteiger partial charge on any atom is 0.335 e. The zero-order chi connectivity index (χ0) is 23.5. The Morgan fingerprint density at radius 3 is 2.47 bits per heavy atom. The molecule has 0 amide bonds. The third-order valence-electron chi connectivity index (χ3n) is 6.56. The summed E-state index contributed by atoms with van der Waals surface area (Å²) in [6, 6.07) is 21.9. The van der Waals surface area contributed by atoms with Crippen LogP contribution in [0.1, 0.15) is 66.0 Å². The first-order chi connectivity index (χ1) is 16.6. The lowest BCUT2D eigenvalue weighted by Crippen LogP contribution is -2.23. The molecule has 1 heterocycles. The second-order valence-electron chi connectivity index (χ2n) is 8.79. The van der Waals surface area contributed by atoms with Crippen molar-refractivity contribution < 1.29 is 9.90 Å². The fourth-order valence-corrected chi connectivity index (χ4v) is 4.78. The smallest absolute Gasteiger partial charge is 0.335 e. The van der Waals surface area contributed by atoms with Crippen LogP contribution in [-0.4, -0.2) is 27.6 Å². The van der Waals surface area contributed by atoms with Crippen molar-refractivity contribution in [3.63, 3.8) is 0 Å². The Hall–Kier alpha value is -3.70. The highest BCUT2D eigenvalue weighted by molar-refractivity contribution is 5.92. The molecule has 34 heavy (non-hydrogen) atoms. The summed E-state index contributed by atoms with van der Waals surface area (Å²) < 4.78 is 0. The van der Waals surface area contributed by atoms with Crippen molar-refractivity contribution in [2.75, 3.05) is 6.54 Å². The molecule has 4 aromatic rings. The van der Waals surface area contributed by atoms with E-state index in [0.29, 0.717) is 0 Å². The Morgan fingerprint density at radius 2 is 1.79 bits per heavy atom. The van der Waals surface area contributed by atoms with Crippen molar-refractivity contribution in [1.29, 1.82) is 0 Å². The standard InChI is InChI=1S/C29H29N3O2/c1-2-30-26(22-15-17-23(18-16-22)29(33)34)28-31-25-10-6-9-24(27(25)32-28)21-13-11-20(12-14-21)19-7-4-3-5-8-19/h6-7,9-18,26,30H,2-5,8H2,1H3,(H,31,32)(H,33,34). The van der Waals surface area contributed by atoms with Crippen LogP contribution in [0.5, 0.6) is 0 Å². The first-order valence-electron chi connectivity index (χ1n) is 12.0. The highest BCUT2D eigenvalue weighted by Gasteiger charge is 2.19. The lowest BCUT2D eigenvalue weighted by atomic mass is 9.92. The van der Waals surface area contributed by atoms with E-state index in [-0.39, 0.29) is 11.6 Å². The van der Waals surface area contributed by atoms with Crippen LogP contribution < -0.4 is 5.32 Å².